The van der Waals surface area contributed by atoms with Gasteiger partial charge in [0.2, 0.25) is 0 Å². The van der Waals surface area contributed by atoms with Crippen LogP contribution in [0.1, 0.15) is 29.9 Å². The number of rotatable bonds is 2. The van der Waals surface area contributed by atoms with Crippen molar-refractivity contribution in [1.29, 1.82) is 0 Å². The van der Waals surface area contributed by atoms with Gasteiger partial charge in [-0.3, -0.25) is 0 Å². The second-order valence-electron chi connectivity index (χ2n) is 5.51. The Kier molecular flexibility index (Phi) is 1.98. The number of benzene rings is 2. The molecule has 90 valence electrons. The van der Waals surface area contributed by atoms with Crippen molar-refractivity contribution in [3.63, 3.8) is 0 Å². The molecule has 1 nitrogen and oxygen atoms in total. The second kappa shape index (κ2) is 3.46. The summed E-state index contributed by atoms with van der Waals surface area (Å²) in [5, 5.41) is 3.58. The molecule has 18 heavy (non-hydrogen) atoms. The maximum atomic E-state index is 3.58. The number of nitrogens with one attached hydrogen (secondary N) is 1. The van der Waals surface area contributed by atoms with E-state index in [1.165, 1.54) is 35.1 Å². The first-order valence-electron chi connectivity index (χ1n) is 6.73. The van der Waals surface area contributed by atoms with Gasteiger partial charge in [-0.1, -0.05) is 48.5 Å². The Hall–Kier alpha value is -1.60. The fourth-order valence-electron chi connectivity index (χ4n) is 3.57. The Labute approximate surface area is 108 Å². The van der Waals surface area contributed by atoms with Crippen LogP contribution >= 0.6 is 0 Å². The van der Waals surface area contributed by atoms with Crippen LogP contribution in [0.25, 0.3) is 11.1 Å². The summed E-state index contributed by atoms with van der Waals surface area (Å²) in [6.45, 7) is 0. The van der Waals surface area contributed by atoms with Gasteiger partial charge >= 0.3 is 0 Å². The molecule has 1 saturated carbocycles. The lowest BCUT2D eigenvalue weighted by molar-refractivity contribution is 0.497. The Morgan fingerprint density at radius 3 is 1.83 bits per heavy atom. The van der Waals surface area contributed by atoms with Gasteiger partial charge in [-0.25, -0.2) is 0 Å². The summed E-state index contributed by atoms with van der Waals surface area (Å²) in [7, 11) is 2.11. The predicted octanol–water partition coefficient (Wildman–Crippen LogP) is 3.55. The van der Waals surface area contributed by atoms with Crippen molar-refractivity contribution in [3.8, 4) is 11.1 Å². The van der Waals surface area contributed by atoms with Crippen LogP contribution in [0.15, 0.2) is 48.5 Å². The average Bonchev–Trinajstić information content (AvgIpc) is 3.15. The minimum absolute atomic E-state index is 0.308. The summed E-state index contributed by atoms with van der Waals surface area (Å²) in [5.74, 6) is 0.537. The number of hydrogen-bond donors (Lipinski definition) is 1. The fraction of sp³-hybridized carbons (Fsp3) is 0.294. The van der Waals surface area contributed by atoms with Crippen LogP contribution in [0.2, 0.25) is 0 Å². The SMILES string of the molecule is CNC1(C2c3ccccc3-c3ccccc32)CC1. The zero-order valence-corrected chi connectivity index (χ0v) is 10.6. The second-order valence-corrected chi connectivity index (χ2v) is 5.51. The van der Waals surface area contributed by atoms with Crippen LogP contribution in [0.3, 0.4) is 0 Å². The first-order valence-corrected chi connectivity index (χ1v) is 6.73. The summed E-state index contributed by atoms with van der Waals surface area (Å²) in [6, 6.07) is 17.8. The van der Waals surface area contributed by atoms with E-state index in [4.69, 9.17) is 0 Å². The van der Waals surface area contributed by atoms with Gasteiger partial charge in [0.15, 0.2) is 0 Å². The summed E-state index contributed by atoms with van der Waals surface area (Å²) >= 11 is 0. The summed E-state index contributed by atoms with van der Waals surface area (Å²) in [5.41, 5.74) is 6.18. The van der Waals surface area contributed by atoms with Crippen LogP contribution in [0.4, 0.5) is 0 Å². The summed E-state index contributed by atoms with van der Waals surface area (Å²) in [6.07, 6.45) is 2.58. The lowest BCUT2D eigenvalue weighted by atomic mass is 9.87. The molecular weight excluding hydrogens is 218 g/mol. The van der Waals surface area contributed by atoms with Gasteiger partial charge in [-0.05, 0) is 42.1 Å². The van der Waals surface area contributed by atoms with Crippen LogP contribution in [0.5, 0.6) is 0 Å². The zero-order chi connectivity index (χ0) is 12.2. The van der Waals surface area contributed by atoms with Crippen LogP contribution in [0, 0.1) is 0 Å². The van der Waals surface area contributed by atoms with Gasteiger partial charge in [0.25, 0.3) is 0 Å². The van der Waals surface area contributed by atoms with E-state index in [0.29, 0.717) is 11.5 Å². The van der Waals surface area contributed by atoms with Gasteiger partial charge in [0.05, 0.1) is 0 Å². The number of fused-ring (bicyclic) bond motifs is 3. The van der Waals surface area contributed by atoms with E-state index in [2.05, 4.69) is 60.9 Å². The maximum Gasteiger partial charge on any atom is 0.0289 e. The molecule has 2 aromatic rings. The Balaban J connectivity index is 1.98. The Morgan fingerprint density at radius 2 is 1.39 bits per heavy atom. The van der Waals surface area contributed by atoms with Crippen molar-refractivity contribution < 1.29 is 0 Å². The topological polar surface area (TPSA) is 12.0 Å². The minimum Gasteiger partial charge on any atom is -0.313 e. The minimum atomic E-state index is 0.308. The third-order valence-electron chi connectivity index (χ3n) is 4.67. The van der Waals surface area contributed by atoms with E-state index in [-0.39, 0.29) is 0 Å². The van der Waals surface area contributed by atoms with E-state index in [1.807, 2.05) is 0 Å². The molecule has 0 aromatic heterocycles. The predicted molar refractivity (Wildman–Crippen MR) is 74.7 cm³/mol. The lowest BCUT2D eigenvalue weighted by Crippen LogP contribution is -2.34. The van der Waals surface area contributed by atoms with Crippen molar-refractivity contribution in [2.24, 2.45) is 0 Å². The summed E-state index contributed by atoms with van der Waals surface area (Å²) in [4.78, 5) is 0. The van der Waals surface area contributed by atoms with E-state index in [9.17, 15) is 0 Å². The first kappa shape index (κ1) is 10.3. The highest BCUT2D eigenvalue weighted by atomic mass is 15.0. The van der Waals surface area contributed by atoms with Gasteiger partial charge in [-0.2, -0.15) is 0 Å². The van der Waals surface area contributed by atoms with Crippen molar-refractivity contribution in [2.75, 3.05) is 7.05 Å². The average molecular weight is 235 g/mol. The molecular formula is C17H17N. The van der Waals surface area contributed by atoms with E-state index in [0.717, 1.165) is 0 Å². The zero-order valence-electron chi connectivity index (χ0n) is 10.6. The monoisotopic (exact) mass is 235 g/mol. The third-order valence-corrected chi connectivity index (χ3v) is 4.67. The molecule has 0 aliphatic heterocycles. The van der Waals surface area contributed by atoms with E-state index in [1.54, 1.807) is 0 Å². The van der Waals surface area contributed by atoms with Crippen LogP contribution in [-0.2, 0) is 0 Å². The standard InChI is InChI=1S/C17H17N/c1-18-17(10-11-17)16-14-8-4-2-6-12(14)13-7-3-5-9-15(13)16/h2-9,16,18H,10-11H2,1H3. The van der Waals surface area contributed by atoms with Gasteiger partial charge in [-0.15, -0.1) is 0 Å². The van der Waals surface area contributed by atoms with Crippen molar-refractivity contribution >= 4 is 0 Å². The highest BCUT2D eigenvalue weighted by Gasteiger charge is 2.52. The molecule has 1 fully saturated rings. The molecule has 2 aliphatic rings. The summed E-state index contributed by atoms with van der Waals surface area (Å²) < 4.78 is 0. The maximum absolute atomic E-state index is 3.58. The molecule has 2 aliphatic carbocycles. The molecule has 0 saturated heterocycles. The molecule has 4 rings (SSSR count). The quantitative estimate of drug-likeness (QED) is 0.839. The molecule has 0 unspecified atom stereocenters. The molecule has 0 atom stereocenters. The van der Waals surface area contributed by atoms with Gasteiger partial charge in [0, 0.05) is 11.5 Å². The highest BCUT2D eigenvalue weighted by molar-refractivity contribution is 5.79. The molecule has 1 N–H and O–H groups in total. The first-order chi connectivity index (χ1) is 8.86. The molecule has 0 amide bonds. The number of hydrogen-bond acceptors (Lipinski definition) is 1. The molecule has 0 heterocycles. The lowest BCUT2D eigenvalue weighted by Gasteiger charge is -2.24. The van der Waals surface area contributed by atoms with Crippen molar-refractivity contribution in [1.82, 2.24) is 5.32 Å². The van der Waals surface area contributed by atoms with Crippen molar-refractivity contribution in [2.45, 2.75) is 24.3 Å². The normalized spacial score (nSPS) is 19.4. The van der Waals surface area contributed by atoms with E-state index >= 15 is 0 Å². The van der Waals surface area contributed by atoms with Gasteiger partial charge < -0.3 is 5.32 Å². The molecule has 0 spiro atoms. The van der Waals surface area contributed by atoms with E-state index < -0.39 is 0 Å². The molecule has 2 aromatic carbocycles. The Morgan fingerprint density at radius 1 is 0.889 bits per heavy atom. The number of likely N-dealkylation sites (N-methyl/N-ethyl adjacent to an activating group) is 1. The van der Waals surface area contributed by atoms with Crippen LogP contribution in [-0.4, -0.2) is 12.6 Å². The molecule has 0 bridgehead atoms. The third kappa shape index (κ3) is 1.20. The van der Waals surface area contributed by atoms with Gasteiger partial charge in [0.1, 0.15) is 0 Å². The van der Waals surface area contributed by atoms with Crippen LogP contribution < -0.4 is 5.32 Å². The largest absolute Gasteiger partial charge is 0.313 e. The highest BCUT2D eigenvalue weighted by Crippen LogP contribution is 2.57. The van der Waals surface area contributed by atoms with Crippen molar-refractivity contribution in [3.05, 3.63) is 59.7 Å². The smallest absolute Gasteiger partial charge is 0.0289 e. The fourth-order valence-corrected chi connectivity index (χ4v) is 3.57. The molecule has 1 heteroatoms. The Bertz CT molecular complexity index is 565. The molecule has 0 radical (unpaired) electrons.